The normalized spacial score (nSPS) is 32.5. The maximum Gasteiger partial charge on any atom is 0.225 e. The van der Waals surface area contributed by atoms with Crippen molar-refractivity contribution in [3.63, 3.8) is 0 Å². The van der Waals surface area contributed by atoms with Gasteiger partial charge in [-0.05, 0) is 22.9 Å². The average molecular weight is 476 g/mol. The summed E-state index contributed by atoms with van der Waals surface area (Å²) in [4.78, 5) is 11.3. The van der Waals surface area contributed by atoms with E-state index in [2.05, 4.69) is 77.6 Å². The molecule has 1 unspecified atom stereocenters. The summed E-state index contributed by atoms with van der Waals surface area (Å²) < 4.78 is -0.393. The third-order valence-corrected chi connectivity index (χ3v) is 7.60. The third-order valence-electron chi connectivity index (χ3n) is 2.78. The minimum Gasteiger partial charge on any atom is -0.281 e. The van der Waals surface area contributed by atoms with E-state index >= 15 is 0 Å². The average Bonchev–Trinajstić information content (AvgIpc) is 2.49. The fourth-order valence-corrected chi connectivity index (χ4v) is 4.12. The number of carbonyl (C=O) groups excluding carboxylic acids is 1. The van der Waals surface area contributed by atoms with E-state index < -0.39 is 2.14 Å². The van der Waals surface area contributed by atoms with Gasteiger partial charge in [-0.15, -0.1) is 0 Å². The highest BCUT2D eigenvalue weighted by atomic mass is 80.0. The maximum absolute atomic E-state index is 11.2. The van der Waals surface area contributed by atoms with Crippen LogP contribution < -0.4 is 0 Å². The van der Waals surface area contributed by atoms with Crippen molar-refractivity contribution >= 4 is 80.6 Å². The first-order chi connectivity index (χ1) is 6.10. The Kier molecular flexibility index (Phi) is 4.26. The summed E-state index contributed by atoms with van der Waals surface area (Å²) in [6.07, 6.45) is 0. The summed E-state index contributed by atoms with van der Waals surface area (Å²) in [5, 5.41) is -0.249. The summed E-state index contributed by atoms with van der Waals surface area (Å²) in [6, 6.07) is 0. The van der Waals surface area contributed by atoms with E-state index in [1.807, 2.05) is 0 Å². The van der Waals surface area contributed by atoms with Gasteiger partial charge in [0.2, 0.25) is 5.24 Å². The lowest BCUT2D eigenvalue weighted by Gasteiger charge is -2.20. The van der Waals surface area contributed by atoms with Crippen molar-refractivity contribution in [1.82, 2.24) is 0 Å². The van der Waals surface area contributed by atoms with Gasteiger partial charge < -0.3 is 0 Å². The van der Waals surface area contributed by atoms with Gasteiger partial charge in [0, 0.05) is 5.92 Å². The van der Waals surface area contributed by atoms with Crippen molar-refractivity contribution < 1.29 is 4.79 Å². The van der Waals surface area contributed by atoms with Crippen LogP contribution in [0.1, 0.15) is 13.8 Å². The number of rotatable bonds is 2. The highest BCUT2D eigenvalue weighted by molar-refractivity contribution is 9.40. The van der Waals surface area contributed by atoms with E-state index in [9.17, 15) is 4.79 Å². The second kappa shape index (κ2) is 4.28. The molecule has 0 amide bonds. The molecule has 0 aliphatic heterocycles. The van der Waals surface area contributed by atoms with E-state index in [1.165, 1.54) is 0 Å². The predicted molar refractivity (Wildman–Crippen MR) is 73.8 cm³/mol. The molecule has 0 aromatic carbocycles. The van der Waals surface area contributed by atoms with E-state index in [0.29, 0.717) is 0 Å². The predicted octanol–water partition coefficient (Wildman–Crippen LogP) is 4.63. The molecule has 14 heavy (non-hydrogen) atoms. The van der Waals surface area contributed by atoms with Gasteiger partial charge in [0.25, 0.3) is 0 Å². The number of halogens is 5. The van der Waals surface area contributed by atoms with Crippen LogP contribution in [0.15, 0.2) is 0 Å². The minimum atomic E-state index is -0.393. The lowest BCUT2D eigenvalue weighted by molar-refractivity contribution is -0.113. The molecule has 1 saturated carbocycles. The summed E-state index contributed by atoms with van der Waals surface area (Å²) in [5.74, 6) is 0.159. The smallest absolute Gasteiger partial charge is 0.225 e. The monoisotopic (exact) mass is 472 g/mol. The van der Waals surface area contributed by atoms with Gasteiger partial charge in [-0.25, -0.2) is 0 Å². The van der Waals surface area contributed by atoms with Crippen LogP contribution in [-0.4, -0.2) is 12.2 Å². The second-order valence-electron chi connectivity index (χ2n) is 4.07. The Bertz CT molecular complexity index is 261. The number of hydrogen-bond donors (Lipinski definition) is 0. The highest BCUT2D eigenvalue weighted by Gasteiger charge is 2.66. The van der Waals surface area contributed by atoms with Gasteiger partial charge in [0.15, 0.2) is 0 Å². The molecule has 1 rings (SSSR count). The fourth-order valence-electron chi connectivity index (χ4n) is 1.86. The Labute approximate surface area is 122 Å². The maximum atomic E-state index is 11.2. The molecule has 1 aliphatic rings. The van der Waals surface area contributed by atoms with Crippen molar-refractivity contribution in [3.05, 3.63) is 0 Å². The van der Waals surface area contributed by atoms with Crippen LogP contribution in [0.5, 0.6) is 0 Å². The molecule has 1 fully saturated rings. The van der Waals surface area contributed by atoms with Crippen molar-refractivity contribution in [2.45, 2.75) is 20.8 Å². The molecular weight excluding hydrogens is 467 g/mol. The van der Waals surface area contributed by atoms with Crippen LogP contribution in [0.4, 0.5) is 0 Å². The number of alkyl halides is 4. The highest BCUT2D eigenvalue weighted by Crippen LogP contribution is 2.66. The first-order valence-electron chi connectivity index (χ1n) is 4.00. The molecular formula is C8H9Br4ClO. The van der Waals surface area contributed by atoms with Crippen molar-refractivity contribution in [3.8, 4) is 0 Å². The van der Waals surface area contributed by atoms with Crippen LogP contribution in [0.2, 0.25) is 0 Å². The molecule has 0 bridgehead atoms. The number of hydrogen-bond acceptors (Lipinski definition) is 1. The summed E-state index contributed by atoms with van der Waals surface area (Å²) >= 11 is 19.4. The van der Waals surface area contributed by atoms with Crippen LogP contribution >= 0.6 is 75.3 Å². The zero-order valence-corrected chi connectivity index (χ0v) is 14.6. The van der Waals surface area contributed by atoms with Gasteiger partial charge in [-0.3, -0.25) is 4.79 Å². The fraction of sp³-hybridized carbons (Fsp3) is 0.875. The number of carbonyl (C=O) groups is 1. The lowest BCUT2D eigenvalue weighted by Crippen LogP contribution is -2.22. The molecule has 0 aromatic heterocycles. The first-order valence-corrected chi connectivity index (χ1v) is 7.67. The molecule has 0 radical (unpaired) electrons. The molecule has 0 spiro atoms. The molecule has 0 saturated heterocycles. The van der Waals surface area contributed by atoms with Crippen LogP contribution in [0.3, 0.4) is 0 Å². The SMILES string of the molecule is CC1(C)[C@H](C(=O)Cl)[C@@H]1C(Br)C(Br)(Br)Br. The second-order valence-corrected chi connectivity index (χ2v) is 12.4. The van der Waals surface area contributed by atoms with E-state index in [0.717, 1.165) is 0 Å². The molecule has 3 atom stereocenters. The molecule has 0 N–H and O–H groups in total. The summed E-state index contributed by atoms with van der Waals surface area (Å²) in [7, 11) is 0. The van der Waals surface area contributed by atoms with Gasteiger partial charge in [0.05, 0.1) is 4.83 Å². The molecule has 1 aliphatic carbocycles. The van der Waals surface area contributed by atoms with Gasteiger partial charge in [-0.2, -0.15) is 0 Å². The molecule has 6 heteroatoms. The Hall–Kier alpha value is 1.88. The topological polar surface area (TPSA) is 17.1 Å². The zero-order valence-electron chi connectivity index (χ0n) is 7.53. The Morgan fingerprint density at radius 3 is 2.07 bits per heavy atom. The van der Waals surface area contributed by atoms with Crippen molar-refractivity contribution in [2.24, 2.45) is 17.3 Å². The van der Waals surface area contributed by atoms with Crippen LogP contribution in [0, 0.1) is 17.3 Å². The van der Waals surface area contributed by atoms with Gasteiger partial charge in [0.1, 0.15) is 2.14 Å². The van der Waals surface area contributed by atoms with Crippen molar-refractivity contribution in [2.75, 3.05) is 0 Å². The van der Waals surface area contributed by atoms with Crippen molar-refractivity contribution in [1.29, 1.82) is 0 Å². The lowest BCUT2D eigenvalue weighted by atomic mass is 10.1. The van der Waals surface area contributed by atoms with Gasteiger partial charge in [-0.1, -0.05) is 77.6 Å². The van der Waals surface area contributed by atoms with Gasteiger partial charge >= 0.3 is 0 Å². The third kappa shape index (κ3) is 2.58. The largest absolute Gasteiger partial charge is 0.281 e. The minimum absolute atomic E-state index is 0.0342. The Morgan fingerprint density at radius 2 is 1.86 bits per heavy atom. The van der Waals surface area contributed by atoms with Crippen LogP contribution in [0.25, 0.3) is 0 Å². The zero-order chi connectivity index (χ0) is 11.3. The summed E-state index contributed by atoms with van der Waals surface area (Å²) in [6.45, 7) is 4.10. The molecule has 1 nitrogen and oxygen atoms in total. The van der Waals surface area contributed by atoms with Crippen LogP contribution in [-0.2, 0) is 4.79 Å². The molecule has 82 valence electrons. The Balaban J connectivity index is 2.79. The Morgan fingerprint density at radius 1 is 1.43 bits per heavy atom. The molecule has 0 aromatic rings. The standard InChI is InChI=1S/C8H9Br4ClO/c1-7(2)3(4(7)6(13)14)5(9)8(10,11)12/h3-5H,1-2H3/t3-,4+,5?/m1/s1. The summed E-state index contributed by atoms with van der Waals surface area (Å²) in [5.41, 5.74) is -0.0342. The first kappa shape index (κ1) is 13.9. The van der Waals surface area contributed by atoms with E-state index in [-0.39, 0.29) is 27.3 Å². The van der Waals surface area contributed by atoms with E-state index in [1.54, 1.807) is 0 Å². The van der Waals surface area contributed by atoms with E-state index in [4.69, 9.17) is 11.6 Å². The quantitative estimate of drug-likeness (QED) is 0.420. The molecule has 0 heterocycles.